The van der Waals surface area contributed by atoms with E-state index in [1.54, 1.807) is 12.1 Å². The number of amidine groups is 1. The molecule has 2 aromatic rings. The van der Waals surface area contributed by atoms with Gasteiger partial charge in [-0.15, -0.1) is 0 Å². The van der Waals surface area contributed by atoms with Gasteiger partial charge < -0.3 is 5.73 Å². The summed E-state index contributed by atoms with van der Waals surface area (Å²) in [5.74, 6) is 0.220. The van der Waals surface area contributed by atoms with Crippen LogP contribution in [-0.2, 0) is 0 Å². The molecule has 0 aliphatic heterocycles. The molecule has 0 amide bonds. The van der Waals surface area contributed by atoms with Gasteiger partial charge in [0.25, 0.3) is 0 Å². The highest BCUT2D eigenvalue weighted by Gasteiger charge is 2.08. The molecule has 0 bridgehead atoms. The van der Waals surface area contributed by atoms with Gasteiger partial charge in [0.15, 0.2) is 0 Å². The van der Waals surface area contributed by atoms with Crippen molar-refractivity contribution in [2.45, 2.75) is 19.9 Å². The number of halogens is 1. The summed E-state index contributed by atoms with van der Waals surface area (Å²) in [7, 11) is 0. The van der Waals surface area contributed by atoms with Crippen molar-refractivity contribution >= 4 is 16.6 Å². The number of nitrogens with two attached hydrogens (primary N) is 1. The Kier molecular flexibility index (Phi) is 3.09. The molecule has 0 atom stereocenters. The average Bonchev–Trinajstić information content (AvgIpc) is 2.29. The summed E-state index contributed by atoms with van der Waals surface area (Å²) < 4.78 is 13.6. The van der Waals surface area contributed by atoms with Crippen LogP contribution in [0.25, 0.3) is 10.8 Å². The van der Waals surface area contributed by atoms with Crippen molar-refractivity contribution < 1.29 is 4.39 Å². The Bertz CT molecular complexity index is 573. The normalized spacial score (nSPS) is 12.4. The van der Waals surface area contributed by atoms with Gasteiger partial charge in [-0.05, 0) is 31.4 Å². The molecule has 2 rings (SSSR count). The van der Waals surface area contributed by atoms with E-state index in [1.807, 2.05) is 32.0 Å². The quantitative estimate of drug-likeness (QED) is 0.625. The molecule has 0 radical (unpaired) electrons. The van der Waals surface area contributed by atoms with Gasteiger partial charge in [-0.3, -0.25) is 4.99 Å². The largest absolute Gasteiger partial charge is 0.383 e. The molecule has 17 heavy (non-hydrogen) atoms. The number of hydrogen-bond acceptors (Lipinski definition) is 1. The summed E-state index contributed by atoms with van der Waals surface area (Å²) in [5, 5.41) is 1.38. The fraction of sp³-hybridized carbons (Fsp3) is 0.214. The van der Waals surface area contributed by atoms with Gasteiger partial charge in [0, 0.05) is 17.0 Å². The number of nitrogens with zero attached hydrogens (tertiary/aromatic N) is 1. The van der Waals surface area contributed by atoms with Crippen LogP contribution < -0.4 is 5.73 Å². The lowest BCUT2D eigenvalue weighted by Crippen LogP contribution is -2.16. The molecule has 2 nitrogen and oxygen atoms in total. The topological polar surface area (TPSA) is 38.4 Å². The molecule has 0 aliphatic carbocycles. The third kappa shape index (κ3) is 2.28. The minimum atomic E-state index is -0.235. The second kappa shape index (κ2) is 4.53. The van der Waals surface area contributed by atoms with Crippen LogP contribution in [0.5, 0.6) is 0 Å². The van der Waals surface area contributed by atoms with Gasteiger partial charge in [-0.25, -0.2) is 4.39 Å². The maximum atomic E-state index is 13.6. The van der Waals surface area contributed by atoms with Gasteiger partial charge in [0.1, 0.15) is 11.7 Å². The number of benzene rings is 2. The summed E-state index contributed by atoms with van der Waals surface area (Å²) in [6.07, 6.45) is 0. The van der Waals surface area contributed by atoms with Gasteiger partial charge in [-0.1, -0.05) is 24.3 Å². The minimum Gasteiger partial charge on any atom is -0.383 e. The van der Waals surface area contributed by atoms with Crippen LogP contribution in [0.3, 0.4) is 0 Å². The van der Waals surface area contributed by atoms with Crippen molar-refractivity contribution in [2.75, 3.05) is 0 Å². The molecule has 0 saturated carbocycles. The van der Waals surface area contributed by atoms with E-state index in [9.17, 15) is 4.39 Å². The number of hydrogen-bond donors (Lipinski definition) is 1. The zero-order valence-electron chi connectivity index (χ0n) is 9.94. The third-order valence-electron chi connectivity index (χ3n) is 2.54. The molecule has 0 heterocycles. The SMILES string of the molecule is CC(C)N=C(N)c1ccc(F)c2ccccc12. The molecule has 0 spiro atoms. The van der Waals surface area contributed by atoms with E-state index in [0.717, 1.165) is 10.9 Å². The lowest BCUT2D eigenvalue weighted by Gasteiger charge is -2.08. The monoisotopic (exact) mass is 230 g/mol. The van der Waals surface area contributed by atoms with Gasteiger partial charge in [0.05, 0.1) is 0 Å². The van der Waals surface area contributed by atoms with Crippen LogP contribution in [0.4, 0.5) is 4.39 Å². The van der Waals surface area contributed by atoms with E-state index in [2.05, 4.69) is 4.99 Å². The zero-order valence-corrected chi connectivity index (χ0v) is 9.94. The Labute approximate surface area is 100.0 Å². The maximum Gasteiger partial charge on any atom is 0.131 e. The summed E-state index contributed by atoms with van der Waals surface area (Å²) >= 11 is 0. The predicted octanol–water partition coefficient (Wildman–Crippen LogP) is 3.09. The van der Waals surface area contributed by atoms with E-state index in [0.29, 0.717) is 11.2 Å². The number of aliphatic imine (C=N–C) groups is 1. The zero-order chi connectivity index (χ0) is 12.4. The summed E-state index contributed by atoms with van der Waals surface area (Å²) in [5.41, 5.74) is 6.73. The first-order chi connectivity index (χ1) is 8.09. The molecular weight excluding hydrogens is 215 g/mol. The Hall–Kier alpha value is -1.90. The van der Waals surface area contributed by atoms with Crippen molar-refractivity contribution in [3.8, 4) is 0 Å². The van der Waals surface area contributed by atoms with Crippen molar-refractivity contribution in [1.82, 2.24) is 0 Å². The highest BCUT2D eigenvalue weighted by atomic mass is 19.1. The predicted molar refractivity (Wildman–Crippen MR) is 69.8 cm³/mol. The minimum absolute atomic E-state index is 0.124. The molecule has 0 unspecified atom stereocenters. The van der Waals surface area contributed by atoms with Crippen LogP contribution in [0, 0.1) is 5.82 Å². The molecule has 2 N–H and O–H groups in total. The Morgan fingerprint density at radius 3 is 2.41 bits per heavy atom. The highest BCUT2D eigenvalue weighted by Crippen LogP contribution is 2.21. The maximum absolute atomic E-state index is 13.6. The summed E-state index contributed by atoms with van der Waals surface area (Å²) in [6, 6.07) is 10.5. The molecular formula is C14H15FN2. The highest BCUT2D eigenvalue weighted by molar-refractivity contribution is 6.09. The number of fused-ring (bicyclic) bond motifs is 1. The molecule has 2 aromatic carbocycles. The van der Waals surface area contributed by atoms with Gasteiger partial charge >= 0.3 is 0 Å². The van der Waals surface area contributed by atoms with Gasteiger partial charge in [-0.2, -0.15) is 0 Å². The fourth-order valence-electron chi connectivity index (χ4n) is 1.83. The Morgan fingerprint density at radius 2 is 1.76 bits per heavy atom. The second-order valence-corrected chi connectivity index (χ2v) is 4.25. The molecule has 3 heteroatoms. The molecule has 0 saturated heterocycles. The summed E-state index contributed by atoms with van der Waals surface area (Å²) in [6.45, 7) is 3.91. The van der Waals surface area contributed by atoms with Crippen molar-refractivity contribution in [2.24, 2.45) is 10.7 Å². The molecule has 0 fully saturated rings. The second-order valence-electron chi connectivity index (χ2n) is 4.25. The van der Waals surface area contributed by atoms with Gasteiger partial charge in [0.2, 0.25) is 0 Å². The molecule has 0 aliphatic rings. The summed E-state index contributed by atoms with van der Waals surface area (Å²) in [4.78, 5) is 4.30. The van der Waals surface area contributed by atoms with Crippen LogP contribution in [-0.4, -0.2) is 11.9 Å². The smallest absolute Gasteiger partial charge is 0.131 e. The first-order valence-corrected chi connectivity index (χ1v) is 5.60. The molecule has 0 aromatic heterocycles. The standard InChI is InChI=1S/C14H15FN2/c1-9(2)17-14(16)12-7-8-13(15)11-6-4-3-5-10(11)12/h3-9H,1-2H3,(H2,16,17). The third-order valence-corrected chi connectivity index (χ3v) is 2.54. The number of rotatable bonds is 2. The van der Waals surface area contributed by atoms with E-state index in [4.69, 9.17) is 5.73 Å². The van der Waals surface area contributed by atoms with Crippen LogP contribution >= 0.6 is 0 Å². The van der Waals surface area contributed by atoms with Crippen molar-refractivity contribution in [3.63, 3.8) is 0 Å². The van der Waals surface area contributed by atoms with Crippen molar-refractivity contribution in [1.29, 1.82) is 0 Å². The Balaban J connectivity index is 2.67. The first-order valence-electron chi connectivity index (χ1n) is 5.60. The van der Waals surface area contributed by atoms with Crippen LogP contribution in [0.15, 0.2) is 41.4 Å². The lowest BCUT2D eigenvalue weighted by atomic mass is 10.0. The fourth-order valence-corrected chi connectivity index (χ4v) is 1.83. The molecule has 88 valence electrons. The first kappa shape index (κ1) is 11.6. The van der Waals surface area contributed by atoms with Crippen LogP contribution in [0.1, 0.15) is 19.4 Å². The average molecular weight is 230 g/mol. The van der Waals surface area contributed by atoms with Crippen molar-refractivity contribution in [3.05, 3.63) is 47.8 Å². The van der Waals surface area contributed by atoms with E-state index >= 15 is 0 Å². The van der Waals surface area contributed by atoms with E-state index < -0.39 is 0 Å². The van der Waals surface area contributed by atoms with E-state index in [-0.39, 0.29) is 11.9 Å². The van der Waals surface area contributed by atoms with Crippen LogP contribution in [0.2, 0.25) is 0 Å². The Morgan fingerprint density at radius 1 is 1.12 bits per heavy atom. The van der Waals surface area contributed by atoms with E-state index in [1.165, 1.54) is 6.07 Å². The lowest BCUT2D eigenvalue weighted by molar-refractivity contribution is 0.640.